The topological polar surface area (TPSA) is 172 Å². The van der Waals surface area contributed by atoms with Crippen LogP contribution >= 0.6 is 0 Å². The van der Waals surface area contributed by atoms with E-state index < -0.39 is 0 Å². The van der Waals surface area contributed by atoms with E-state index >= 15 is 0 Å². The Hall–Kier alpha value is -18.3. The number of rotatable bonds is 0. The van der Waals surface area contributed by atoms with Crippen molar-refractivity contribution in [3.63, 3.8) is 0 Å². The third-order valence-corrected chi connectivity index (χ3v) is 31.7. The SMILES string of the molecule is c1ccc2c(c1)Cc1cc3c(cc1-2)Cc1cc2nc4c5cccnc5c5cnccc5n4c2cc1-3.c1ccc2c(c1)Cc1cc3c(cc1-2)Cc1cc2nc4c5ccncc5c5cnccc5n4c2cc1-3.c1ccc2c(c1)Cc1cc3c(cc1-2)Cc1cc2nc4c5cnccc5c5cnccc5n4c2cc1-3.c1ccc2c(c1)Cc1cc3c(cc1-2)Cc1cc2nc4c5ncccc5c5cnccc5n4c2cc1-3. The molecule has 140 heavy (non-hydrogen) atoms. The predicted octanol–water partition coefficient (Wildman–Crippen LogP) is 26.9. The third kappa shape index (κ3) is 10.5. The first-order valence-electron chi connectivity index (χ1n) is 48.1. The second-order valence-corrected chi connectivity index (χ2v) is 39.0. The van der Waals surface area contributed by atoms with Crippen molar-refractivity contribution in [2.45, 2.75) is 51.4 Å². The molecule has 0 N–H and O–H groups in total. The van der Waals surface area contributed by atoms with E-state index in [0.717, 1.165) is 205 Å². The molecule has 0 aliphatic heterocycles. The summed E-state index contributed by atoms with van der Waals surface area (Å²) in [6, 6.07) is 94.0. The molecule has 12 aromatic carbocycles. The van der Waals surface area contributed by atoms with Crippen LogP contribution in [-0.4, -0.2) is 77.4 Å². The normalized spacial score (nSPS) is 13.5. The molecule has 16 heterocycles. The van der Waals surface area contributed by atoms with Gasteiger partial charge < -0.3 is 0 Å². The second kappa shape index (κ2) is 27.7. The van der Waals surface area contributed by atoms with Gasteiger partial charge in [-0.3, -0.25) is 57.5 Å². The van der Waals surface area contributed by atoms with Crippen LogP contribution < -0.4 is 0 Å². The van der Waals surface area contributed by atoms with Crippen molar-refractivity contribution in [2.24, 2.45) is 0 Å². The maximum atomic E-state index is 5.14. The Balaban J connectivity index is 0.0000000829. The zero-order valence-electron chi connectivity index (χ0n) is 75.1. The van der Waals surface area contributed by atoms with Gasteiger partial charge in [0.2, 0.25) is 0 Å². The van der Waals surface area contributed by atoms with Crippen LogP contribution in [0.25, 0.3) is 243 Å². The lowest BCUT2D eigenvalue weighted by Crippen LogP contribution is -1.93. The summed E-state index contributed by atoms with van der Waals surface area (Å²) in [5.41, 5.74) is 63.4. The number of aromatic nitrogens is 16. The number of hydrogen-bond donors (Lipinski definition) is 0. The van der Waals surface area contributed by atoms with E-state index in [-0.39, 0.29) is 0 Å². The van der Waals surface area contributed by atoms with E-state index in [4.69, 9.17) is 24.9 Å². The van der Waals surface area contributed by atoms with Crippen LogP contribution in [0.15, 0.2) is 342 Å². The van der Waals surface area contributed by atoms with Gasteiger partial charge in [-0.05, 0) is 386 Å². The summed E-state index contributed by atoms with van der Waals surface area (Å²) in [5.74, 6) is 0. The molecule has 28 aromatic rings. The fourth-order valence-electron chi connectivity index (χ4n) is 25.6. The lowest BCUT2D eigenvalue weighted by molar-refractivity contribution is 1.24. The summed E-state index contributed by atoms with van der Waals surface area (Å²) in [7, 11) is 0. The highest BCUT2D eigenvalue weighted by Crippen LogP contribution is 2.53. The molecule has 0 fully saturated rings. The molecule has 0 radical (unpaired) electrons. The Morgan fingerprint density at radius 1 is 0.157 bits per heavy atom. The molecule has 0 unspecified atom stereocenters. The van der Waals surface area contributed by atoms with Crippen molar-refractivity contribution in [3.8, 4) is 89.0 Å². The van der Waals surface area contributed by atoms with E-state index in [0.29, 0.717) is 0 Å². The van der Waals surface area contributed by atoms with Gasteiger partial charge in [0, 0.05) is 135 Å². The molecule has 0 bridgehead atoms. The van der Waals surface area contributed by atoms with Gasteiger partial charge in [0.05, 0.1) is 71.7 Å². The van der Waals surface area contributed by atoms with E-state index in [1.807, 2.05) is 98.9 Å². The highest BCUT2D eigenvalue weighted by atomic mass is 15.1. The quantitative estimate of drug-likeness (QED) is 0.132. The molecular formula is C124H72N16. The van der Waals surface area contributed by atoms with Crippen LogP contribution in [-0.2, 0) is 51.4 Å². The van der Waals surface area contributed by atoms with Crippen LogP contribution in [0, 0.1) is 0 Å². The van der Waals surface area contributed by atoms with Crippen LogP contribution in [0.4, 0.5) is 0 Å². The van der Waals surface area contributed by atoms with E-state index in [9.17, 15) is 0 Å². The van der Waals surface area contributed by atoms with Crippen molar-refractivity contribution in [2.75, 3.05) is 0 Å². The average molecular weight is 1790 g/mol. The predicted molar refractivity (Wildman–Crippen MR) is 559 cm³/mol. The minimum Gasteiger partial charge on any atom is -0.292 e. The standard InChI is InChI=1S/4C31H18N4/c1-2-5-21-17(4-1)10-18-13-24-19(12-23(18)21)11-20-14-27-29(15-25(20)24)35-28-7-9-32-16-26(28)30-22(31(35)34-27)6-3-8-33-30;1-2-5-21-17(4-1)10-18-13-24-19(12-23(18)21)11-20-14-27-29(15-25(20)24)35-28-7-9-32-16-26(28)22-6-3-8-33-30(22)31(35)34-27;1-2-4-21-17(3-1)9-18-12-24-19(11-23(18)21)10-20-13-28-30(14-25(20)24)35-29-6-8-33-16-27(29)26-15-32-7-5-22(26)31(35)34-28;1-2-4-21-17(3-1)9-18-12-24-19(11-23(18)21)10-20-13-28-30(14-25(20)24)35-29-6-8-33-15-26(29)22-5-7-32-16-27(22)31(35)34-28/h2*1-9,12-16H,10-11H2;2*1-8,11-16H,9-10H2. The summed E-state index contributed by atoms with van der Waals surface area (Å²) in [6.07, 6.45) is 34.3. The first-order chi connectivity index (χ1) is 69.3. The van der Waals surface area contributed by atoms with Gasteiger partial charge in [0.15, 0.2) is 5.65 Å². The Morgan fingerprint density at radius 3 is 0.821 bits per heavy atom. The summed E-state index contributed by atoms with van der Waals surface area (Å²) in [5, 5.41) is 10.9. The molecule has 8 aliphatic rings. The molecule has 0 saturated carbocycles. The Labute approximate surface area is 796 Å². The van der Waals surface area contributed by atoms with Gasteiger partial charge in [-0.1, -0.05) is 103 Å². The summed E-state index contributed by atoms with van der Waals surface area (Å²) < 4.78 is 9.15. The highest BCUT2D eigenvalue weighted by Gasteiger charge is 2.34. The molecule has 648 valence electrons. The van der Waals surface area contributed by atoms with Gasteiger partial charge in [0.25, 0.3) is 0 Å². The van der Waals surface area contributed by atoms with Crippen molar-refractivity contribution in [1.82, 2.24) is 77.4 Å². The summed E-state index contributed by atoms with van der Waals surface area (Å²) >= 11 is 0. The van der Waals surface area contributed by atoms with Gasteiger partial charge in [-0.15, -0.1) is 0 Å². The lowest BCUT2D eigenvalue weighted by atomic mass is 9.98. The Kier molecular flexibility index (Phi) is 14.9. The molecule has 8 aliphatic carbocycles. The number of pyridine rings is 12. The summed E-state index contributed by atoms with van der Waals surface area (Å²) in [6.45, 7) is 0. The fourth-order valence-corrected chi connectivity index (χ4v) is 25.6. The van der Waals surface area contributed by atoms with Crippen LogP contribution in [0.2, 0.25) is 0 Å². The van der Waals surface area contributed by atoms with Gasteiger partial charge in [-0.25, -0.2) is 19.9 Å². The molecule has 0 saturated heterocycles. The zero-order chi connectivity index (χ0) is 90.7. The van der Waals surface area contributed by atoms with E-state index in [1.54, 1.807) is 0 Å². The van der Waals surface area contributed by atoms with Gasteiger partial charge in [-0.2, -0.15) is 0 Å². The Morgan fingerprint density at radius 2 is 0.421 bits per heavy atom. The monoisotopic (exact) mass is 1780 g/mol. The van der Waals surface area contributed by atoms with Crippen molar-refractivity contribution in [1.29, 1.82) is 0 Å². The highest BCUT2D eigenvalue weighted by molar-refractivity contribution is 6.18. The third-order valence-electron chi connectivity index (χ3n) is 31.7. The first-order valence-corrected chi connectivity index (χ1v) is 48.1. The maximum Gasteiger partial charge on any atom is 0.165 e. The van der Waals surface area contributed by atoms with E-state index in [1.165, 1.54) is 178 Å². The molecule has 16 heteroatoms. The number of fused-ring (bicyclic) bond motifs is 56. The zero-order valence-corrected chi connectivity index (χ0v) is 75.1. The van der Waals surface area contributed by atoms with Crippen molar-refractivity contribution in [3.05, 3.63) is 431 Å². The molecule has 16 aromatic heterocycles. The largest absolute Gasteiger partial charge is 0.292 e. The fraction of sp³-hybridized carbons (Fsp3) is 0.0645. The lowest BCUT2D eigenvalue weighted by Gasteiger charge is -2.09. The van der Waals surface area contributed by atoms with Gasteiger partial charge in [0.1, 0.15) is 22.5 Å². The smallest absolute Gasteiger partial charge is 0.165 e. The average Bonchev–Trinajstić information content (AvgIpc) is 1.56. The minimum absolute atomic E-state index is 0.905. The number of hydrogen-bond acceptors (Lipinski definition) is 12. The van der Waals surface area contributed by atoms with Crippen LogP contribution in [0.5, 0.6) is 0 Å². The molecular weight excluding hydrogens is 1710 g/mol. The number of nitrogens with zero attached hydrogens (tertiary/aromatic N) is 16. The van der Waals surface area contributed by atoms with Crippen LogP contribution in [0.3, 0.4) is 0 Å². The van der Waals surface area contributed by atoms with Gasteiger partial charge >= 0.3 is 0 Å². The molecule has 36 rings (SSSR count). The molecule has 0 spiro atoms. The van der Waals surface area contributed by atoms with Crippen LogP contribution in [0.1, 0.15) is 89.0 Å². The van der Waals surface area contributed by atoms with Crippen molar-refractivity contribution < 1.29 is 0 Å². The minimum atomic E-state index is 0.905. The molecule has 0 atom stereocenters. The Bertz CT molecular complexity index is 9460. The second-order valence-electron chi connectivity index (χ2n) is 39.0. The van der Waals surface area contributed by atoms with Crippen molar-refractivity contribution >= 4 is 154 Å². The first kappa shape index (κ1) is 75.1. The summed E-state index contributed by atoms with van der Waals surface area (Å²) in [4.78, 5) is 56.3. The van der Waals surface area contributed by atoms with E-state index in [2.05, 4.69) is 295 Å². The maximum absolute atomic E-state index is 5.14. The number of benzene rings is 12. The number of imidazole rings is 4. The molecule has 16 nitrogen and oxygen atoms in total. The molecule has 0 amide bonds.